The molecule has 22 heavy (non-hydrogen) atoms. The van der Waals surface area contributed by atoms with Crippen LogP contribution >= 0.6 is 35.0 Å². The fraction of sp³-hybridized carbons (Fsp3) is 0.250. The van der Waals surface area contributed by atoms with Gasteiger partial charge in [0.2, 0.25) is 5.91 Å². The maximum Gasteiger partial charge on any atom is 0.236 e. The van der Waals surface area contributed by atoms with Gasteiger partial charge in [0, 0.05) is 0 Å². The van der Waals surface area contributed by atoms with Crippen LogP contribution in [0.4, 0.5) is 0 Å². The molecule has 2 rings (SSSR count). The van der Waals surface area contributed by atoms with Gasteiger partial charge in [0.15, 0.2) is 15.0 Å². The summed E-state index contributed by atoms with van der Waals surface area (Å²) in [6.45, 7) is 1.54. The van der Waals surface area contributed by atoms with E-state index in [0.717, 1.165) is 0 Å². The Kier molecular flexibility index (Phi) is 5.49. The van der Waals surface area contributed by atoms with Crippen LogP contribution in [0.25, 0.3) is 0 Å². The van der Waals surface area contributed by atoms with Gasteiger partial charge in [0.1, 0.15) is 0 Å². The molecule has 1 aliphatic rings. The summed E-state index contributed by atoms with van der Waals surface area (Å²) in [5.41, 5.74) is 0.292. The molecular weight excluding hydrogens is 369 g/mol. The highest BCUT2D eigenvalue weighted by atomic mass is 35.5. The minimum Gasteiger partial charge on any atom is -0.303 e. The van der Waals surface area contributed by atoms with Crippen LogP contribution < -0.4 is 5.32 Å². The smallest absolute Gasteiger partial charge is 0.236 e. The second-order valence-electron chi connectivity index (χ2n) is 4.41. The zero-order valence-electron chi connectivity index (χ0n) is 11.3. The zero-order valence-corrected chi connectivity index (χ0v) is 14.5. The van der Waals surface area contributed by atoms with E-state index in [2.05, 4.69) is 15.5 Å². The predicted octanol–water partition coefficient (Wildman–Crippen LogP) is 2.36. The Labute approximate surface area is 141 Å². The Balaban J connectivity index is 2.14. The van der Waals surface area contributed by atoms with E-state index in [1.807, 2.05) is 0 Å². The van der Waals surface area contributed by atoms with Crippen molar-refractivity contribution in [2.45, 2.75) is 11.8 Å². The topological polar surface area (TPSA) is 88.0 Å². The third-order valence-corrected chi connectivity index (χ3v) is 5.92. The van der Waals surface area contributed by atoms with E-state index in [4.69, 9.17) is 23.2 Å². The molecule has 0 aliphatic carbocycles. The summed E-state index contributed by atoms with van der Waals surface area (Å²) in [5.74, 6) is -0.171. The third-order valence-electron chi connectivity index (χ3n) is 2.55. The molecule has 1 N–H and O–H groups in total. The number of rotatable bonds is 4. The summed E-state index contributed by atoms with van der Waals surface area (Å²) >= 11 is 12.8. The standard InChI is InChI=1S/C12H11Cl2N3O3S2/c1-7(16-17-12-15-11(18)5-21-12)6-22(19,20)8-2-3-9(13)10(14)4-8/h2-4H,5-6H2,1H3,(H,15,17,18)/b16-7+. The number of hydrogen-bond donors (Lipinski definition) is 1. The Morgan fingerprint density at radius 2 is 2.09 bits per heavy atom. The van der Waals surface area contributed by atoms with Gasteiger partial charge in [0.05, 0.1) is 32.2 Å². The van der Waals surface area contributed by atoms with E-state index in [-0.39, 0.29) is 32.4 Å². The van der Waals surface area contributed by atoms with Crippen molar-refractivity contribution in [2.24, 2.45) is 10.2 Å². The SMILES string of the molecule is C/C(CS(=O)(=O)c1ccc(Cl)c(Cl)c1)=N\N=C1/NC(=O)CS1. The molecule has 0 atom stereocenters. The van der Waals surface area contributed by atoms with E-state index in [0.29, 0.717) is 10.9 Å². The lowest BCUT2D eigenvalue weighted by Crippen LogP contribution is -2.20. The van der Waals surface area contributed by atoms with Crippen molar-refractivity contribution in [1.29, 1.82) is 0 Å². The van der Waals surface area contributed by atoms with E-state index in [1.165, 1.54) is 30.0 Å². The quantitative estimate of drug-likeness (QED) is 0.642. The fourth-order valence-corrected chi connectivity index (χ4v) is 3.90. The van der Waals surface area contributed by atoms with E-state index >= 15 is 0 Å². The van der Waals surface area contributed by atoms with Crippen LogP contribution in [0, 0.1) is 0 Å². The zero-order chi connectivity index (χ0) is 16.3. The second-order valence-corrected chi connectivity index (χ2v) is 8.18. The van der Waals surface area contributed by atoms with Gasteiger partial charge in [-0.25, -0.2) is 8.42 Å². The number of carbonyl (C=O) groups is 1. The van der Waals surface area contributed by atoms with Crippen LogP contribution in [0.2, 0.25) is 10.0 Å². The molecule has 1 saturated heterocycles. The van der Waals surface area contributed by atoms with Gasteiger partial charge < -0.3 is 5.32 Å². The minimum absolute atomic E-state index is 0.0626. The molecule has 0 bridgehead atoms. The van der Waals surface area contributed by atoms with Crippen molar-refractivity contribution in [3.8, 4) is 0 Å². The Morgan fingerprint density at radius 1 is 1.36 bits per heavy atom. The molecule has 1 aromatic rings. The van der Waals surface area contributed by atoms with Gasteiger partial charge in [-0.1, -0.05) is 35.0 Å². The minimum atomic E-state index is -3.59. The molecular formula is C12H11Cl2N3O3S2. The lowest BCUT2D eigenvalue weighted by molar-refractivity contribution is -0.116. The second kappa shape index (κ2) is 6.99. The largest absolute Gasteiger partial charge is 0.303 e. The molecule has 0 aromatic heterocycles. The number of nitrogens with one attached hydrogen (secondary N) is 1. The highest BCUT2D eigenvalue weighted by Crippen LogP contribution is 2.25. The number of benzene rings is 1. The van der Waals surface area contributed by atoms with Crippen molar-refractivity contribution in [3.05, 3.63) is 28.2 Å². The molecule has 1 aromatic carbocycles. The highest BCUT2D eigenvalue weighted by Gasteiger charge is 2.18. The molecule has 1 fully saturated rings. The Morgan fingerprint density at radius 3 is 2.68 bits per heavy atom. The monoisotopic (exact) mass is 379 g/mol. The molecule has 0 saturated carbocycles. The van der Waals surface area contributed by atoms with Crippen LogP contribution in [0.5, 0.6) is 0 Å². The first kappa shape index (κ1) is 17.3. The molecule has 118 valence electrons. The molecule has 1 heterocycles. The van der Waals surface area contributed by atoms with Crippen LogP contribution in [0.3, 0.4) is 0 Å². The van der Waals surface area contributed by atoms with Crippen LogP contribution in [-0.4, -0.2) is 36.7 Å². The van der Waals surface area contributed by atoms with Gasteiger partial charge in [-0.2, -0.15) is 5.10 Å². The Bertz CT molecular complexity index is 776. The van der Waals surface area contributed by atoms with Crippen molar-refractivity contribution >= 4 is 61.6 Å². The molecule has 1 aliphatic heterocycles. The summed E-state index contributed by atoms with van der Waals surface area (Å²) in [4.78, 5) is 11.1. The molecule has 0 radical (unpaired) electrons. The number of hydrogen-bond acceptors (Lipinski definition) is 6. The van der Waals surface area contributed by atoms with Crippen LogP contribution in [0.15, 0.2) is 33.3 Å². The van der Waals surface area contributed by atoms with Crippen molar-refractivity contribution in [3.63, 3.8) is 0 Å². The lowest BCUT2D eigenvalue weighted by atomic mass is 10.4. The van der Waals surface area contributed by atoms with Crippen molar-refractivity contribution in [1.82, 2.24) is 5.32 Å². The maximum atomic E-state index is 12.2. The summed E-state index contributed by atoms with van der Waals surface area (Å²) < 4.78 is 24.5. The number of thioether (sulfide) groups is 1. The predicted molar refractivity (Wildman–Crippen MR) is 89.7 cm³/mol. The summed E-state index contributed by atoms with van der Waals surface area (Å²) in [5, 5.41) is 10.9. The molecule has 1 amide bonds. The van der Waals surface area contributed by atoms with Crippen molar-refractivity contribution in [2.75, 3.05) is 11.5 Å². The summed E-state index contributed by atoms with van der Waals surface area (Å²) in [6, 6.07) is 4.11. The number of amides is 1. The highest BCUT2D eigenvalue weighted by molar-refractivity contribution is 8.15. The number of carbonyl (C=O) groups excluding carboxylic acids is 1. The average Bonchev–Trinajstić information content (AvgIpc) is 2.85. The van der Waals surface area contributed by atoms with Gasteiger partial charge in [-0.05, 0) is 25.1 Å². The summed E-state index contributed by atoms with van der Waals surface area (Å²) in [7, 11) is -3.59. The first-order valence-electron chi connectivity index (χ1n) is 5.99. The van der Waals surface area contributed by atoms with Crippen molar-refractivity contribution < 1.29 is 13.2 Å². The van der Waals surface area contributed by atoms with Gasteiger partial charge in [-0.15, -0.1) is 5.10 Å². The first-order valence-corrected chi connectivity index (χ1v) is 9.39. The number of sulfone groups is 1. The maximum absolute atomic E-state index is 12.2. The molecule has 6 nitrogen and oxygen atoms in total. The van der Waals surface area contributed by atoms with Gasteiger partial charge in [-0.3, -0.25) is 4.79 Å². The van der Waals surface area contributed by atoms with E-state index in [1.54, 1.807) is 6.92 Å². The number of halogens is 2. The molecule has 10 heteroatoms. The Hall–Kier alpha value is -1.09. The molecule has 0 unspecified atom stereocenters. The van der Waals surface area contributed by atoms with Gasteiger partial charge >= 0.3 is 0 Å². The molecule has 0 spiro atoms. The number of amidine groups is 1. The van der Waals surface area contributed by atoms with Crippen LogP contribution in [-0.2, 0) is 14.6 Å². The van der Waals surface area contributed by atoms with Gasteiger partial charge in [0.25, 0.3) is 0 Å². The van der Waals surface area contributed by atoms with E-state index in [9.17, 15) is 13.2 Å². The van der Waals surface area contributed by atoms with Crippen LogP contribution in [0.1, 0.15) is 6.92 Å². The average molecular weight is 380 g/mol. The lowest BCUT2D eigenvalue weighted by Gasteiger charge is -2.05. The summed E-state index contributed by atoms with van der Waals surface area (Å²) in [6.07, 6.45) is 0. The third kappa shape index (κ3) is 4.45. The van der Waals surface area contributed by atoms with E-state index < -0.39 is 9.84 Å². The number of nitrogens with zero attached hydrogens (tertiary/aromatic N) is 2. The normalized spacial score (nSPS) is 17.9. The fourth-order valence-electron chi connectivity index (χ4n) is 1.57. The first-order chi connectivity index (χ1) is 10.3.